The third kappa shape index (κ3) is 2.75. The highest BCUT2D eigenvalue weighted by molar-refractivity contribution is 5.90. The molecule has 1 rings (SSSR count). The van der Waals surface area contributed by atoms with Gasteiger partial charge >= 0.3 is 6.03 Å². The molecule has 1 unspecified atom stereocenters. The maximum Gasteiger partial charge on any atom is 0.332 e. The molecule has 0 aliphatic heterocycles. The van der Waals surface area contributed by atoms with Gasteiger partial charge in [-0.05, 0) is 19.3 Å². The quantitative estimate of drug-likeness (QED) is 0.582. The molecule has 1 aliphatic rings. The van der Waals surface area contributed by atoms with Crippen molar-refractivity contribution in [1.29, 1.82) is 5.26 Å². The van der Waals surface area contributed by atoms with Crippen molar-refractivity contribution in [3.8, 4) is 6.07 Å². The number of nitrogens with one attached hydrogen (secondary N) is 1. The maximum absolute atomic E-state index is 10.4. The Morgan fingerprint density at radius 2 is 2.46 bits per heavy atom. The van der Waals surface area contributed by atoms with E-state index in [2.05, 4.69) is 16.6 Å². The monoisotopic (exact) mass is 180 g/mol. The molecule has 2 amide bonds. The molecule has 1 atom stereocenters. The summed E-state index contributed by atoms with van der Waals surface area (Å²) in [5.41, 5.74) is 7.75. The summed E-state index contributed by atoms with van der Waals surface area (Å²) >= 11 is 0. The average Bonchev–Trinajstić information content (AvgIpc) is 2.15. The van der Waals surface area contributed by atoms with Gasteiger partial charge in [-0.25, -0.2) is 10.2 Å². The molecule has 0 aromatic heterocycles. The summed E-state index contributed by atoms with van der Waals surface area (Å²) in [6, 6.07) is 1.47. The number of nitrogens with zero attached hydrogens (tertiary/aromatic N) is 2. The van der Waals surface area contributed by atoms with Gasteiger partial charge in [0.25, 0.3) is 0 Å². The molecule has 5 nitrogen and oxygen atoms in total. The molecule has 0 bridgehead atoms. The largest absolute Gasteiger partial charge is 0.350 e. The van der Waals surface area contributed by atoms with E-state index in [9.17, 15) is 4.79 Å². The molecule has 0 radical (unpaired) electrons. The van der Waals surface area contributed by atoms with E-state index in [1.54, 1.807) is 0 Å². The summed E-state index contributed by atoms with van der Waals surface area (Å²) in [4.78, 5) is 10.4. The van der Waals surface area contributed by atoms with Gasteiger partial charge < -0.3 is 5.73 Å². The Morgan fingerprint density at radius 3 is 3.08 bits per heavy atom. The lowest BCUT2D eigenvalue weighted by molar-refractivity contribution is 0.249. The van der Waals surface area contributed by atoms with E-state index in [0.29, 0.717) is 0 Å². The number of hydrogen-bond acceptors (Lipinski definition) is 3. The average molecular weight is 180 g/mol. The van der Waals surface area contributed by atoms with Gasteiger partial charge in [-0.3, -0.25) is 0 Å². The first-order valence-corrected chi connectivity index (χ1v) is 4.25. The molecule has 0 heterocycles. The van der Waals surface area contributed by atoms with Crippen LogP contribution in [0, 0.1) is 17.2 Å². The lowest BCUT2D eigenvalue weighted by atomic mass is 9.88. The zero-order valence-electron chi connectivity index (χ0n) is 7.29. The number of amides is 2. The Bertz CT molecular complexity index is 266. The number of nitriles is 1. The summed E-state index contributed by atoms with van der Waals surface area (Å²) in [7, 11) is 0. The van der Waals surface area contributed by atoms with Crippen LogP contribution in [0.3, 0.4) is 0 Å². The molecule has 1 aliphatic carbocycles. The highest BCUT2D eigenvalue weighted by Crippen LogP contribution is 2.20. The highest BCUT2D eigenvalue weighted by atomic mass is 16.2. The molecule has 1 fully saturated rings. The number of carbonyl (C=O) groups is 1. The van der Waals surface area contributed by atoms with Crippen molar-refractivity contribution in [2.24, 2.45) is 16.8 Å². The van der Waals surface area contributed by atoms with E-state index >= 15 is 0 Å². The topological polar surface area (TPSA) is 91.3 Å². The first-order chi connectivity index (χ1) is 6.24. The molecule has 13 heavy (non-hydrogen) atoms. The summed E-state index contributed by atoms with van der Waals surface area (Å²) in [5.74, 6) is -0.152. The Kier molecular flexibility index (Phi) is 3.26. The van der Waals surface area contributed by atoms with Gasteiger partial charge in [-0.1, -0.05) is 6.42 Å². The third-order valence-corrected chi connectivity index (χ3v) is 2.04. The smallest absolute Gasteiger partial charge is 0.332 e. The molecule has 0 aromatic carbocycles. The van der Waals surface area contributed by atoms with Gasteiger partial charge in [0, 0.05) is 0 Å². The number of hydrazone groups is 1. The van der Waals surface area contributed by atoms with Crippen LogP contribution in [-0.2, 0) is 0 Å². The van der Waals surface area contributed by atoms with Crippen molar-refractivity contribution in [3.05, 3.63) is 0 Å². The van der Waals surface area contributed by atoms with Crippen molar-refractivity contribution in [1.82, 2.24) is 5.43 Å². The lowest BCUT2D eigenvalue weighted by Gasteiger charge is -2.17. The Balaban J connectivity index is 2.59. The molecular weight excluding hydrogens is 168 g/mol. The predicted octanol–water partition coefficient (Wildman–Crippen LogP) is 0.724. The first kappa shape index (κ1) is 9.52. The molecule has 5 heteroatoms. The summed E-state index contributed by atoms with van der Waals surface area (Å²) in [6.45, 7) is 0. The van der Waals surface area contributed by atoms with Crippen LogP contribution in [0.15, 0.2) is 5.10 Å². The van der Waals surface area contributed by atoms with Crippen molar-refractivity contribution >= 4 is 11.7 Å². The number of primary amides is 1. The number of carbonyl (C=O) groups excluding carboxylic acids is 1. The van der Waals surface area contributed by atoms with Crippen molar-refractivity contribution in [2.75, 3.05) is 0 Å². The van der Waals surface area contributed by atoms with E-state index in [0.717, 1.165) is 31.4 Å². The van der Waals surface area contributed by atoms with Gasteiger partial charge in [0.1, 0.15) is 0 Å². The van der Waals surface area contributed by atoms with Gasteiger partial charge in [-0.2, -0.15) is 10.4 Å². The van der Waals surface area contributed by atoms with Crippen LogP contribution >= 0.6 is 0 Å². The van der Waals surface area contributed by atoms with Crippen molar-refractivity contribution < 1.29 is 4.79 Å². The second kappa shape index (κ2) is 4.45. The van der Waals surface area contributed by atoms with Gasteiger partial charge in [-0.15, -0.1) is 0 Å². The molecule has 1 saturated carbocycles. The van der Waals surface area contributed by atoms with Gasteiger partial charge in [0.15, 0.2) is 0 Å². The van der Waals surface area contributed by atoms with Crippen molar-refractivity contribution in [2.45, 2.75) is 25.7 Å². The van der Waals surface area contributed by atoms with Crippen LogP contribution in [0.5, 0.6) is 0 Å². The van der Waals surface area contributed by atoms with Crippen molar-refractivity contribution in [3.63, 3.8) is 0 Å². The standard InChI is InChI=1S/C8H12N4O/c9-5-6-3-1-2-4-7(6)11-12-8(10)13/h6H,1-4H2,(H3,10,12,13)/b11-7+. The molecule has 0 spiro atoms. The van der Waals surface area contributed by atoms with Gasteiger partial charge in [0.05, 0.1) is 17.7 Å². The summed E-state index contributed by atoms with van der Waals surface area (Å²) in [5, 5.41) is 12.6. The SMILES string of the molecule is N#CC1CCCC/C1=N\NC(N)=O. The summed E-state index contributed by atoms with van der Waals surface area (Å²) in [6.07, 6.45) is 3.68. The van der Waals surface area contributed by atoms with E-state index < -0.39 is 6.03 Å². The minimum absolute atomic E-state index is 0.152. The lowest BCUT2D eigenvalue weighted by Crippen LogP contribution is -2.28. The fourth-order valence-electron chi connectivity index (χ4n) is 1.40. The van der Waals surface area contributed by atoms with Crippen LogP contribution in [0.1, 0.15) is 25.7 Å². The minimum Gasteiger partial charge on any atom is -0.350 e. The minimum atomic E-state index is -0.685. The highest BCUT2D eigenvalue weighted by Gasteiger charge is 2.19. The Labute approximate surface area is 76.6 Å². The number of urea groups is 1. The van der Waals surface area contributed by atoms with Gasteiger partial charge in [0.2, 0.25) is 0 Å². The first-order valence-electron chi connectivity index (χ1n) is 4.25. The van der Waals surface area contributed by atoms with E-state index in [1.807, 2.05) is 0 Å². The summed E-state index contributed by atoms with van der Waals surface area (Å²) < 4.78 is 0. The molecule has 3 N–H and O–H groups in total. The number of hydrogen-bond donors (Lipinski definition) is 2. The molecule has 0 aromatic rings. The van der Waals surface area contributed by atoms with Crippen LogP contribution in [0.4, 0.5) is 4.79 Å². The third-order valence-electron chi connectivity index (χ3n) is 2.04. The normalized spacial score (nSPS) is 25.2. The van der Waals surface area contributed by atoms with Crippen LogP contribution in [0.2, 0.25) is 0 Å². The number of nitrogens with two attached hydrogens (primary N) is 1. The van der Waals surface area contributed by atoms with Crippen LogP contribution in [-0.4, -0.2) is 11.7 Å². The fourth-order valence-corrected chi connectivity index (χ4v) is 1.40. The maximum atomic E-state index is 10.4. The second-order valence-corrected chi connectivity index (χ2v) is 3.01. The van der Waals surface area contributed by atoms with E-state index in [1.165, 1.54) is 0 Å². The van der Waals surface area contributed by atoms with Crippen LogP contribution < -0.4 is 11.2 Å². The second-order valence-electron chi connectivity index (χ2n) is 3.01. The number of rotatable bonds is 1. The Hall–Kier alpha value is -1.57. The van der Waals surface area contributed by atoms with E-state index in [-0.39, 0.29) is 5.92 Å². The predicted molar refractivity (Wildman–Crippen MR) is 47.7 cm³/mol. The zero-order chi connectivity index (χ0) is 9.68. The Morgan fingerprint density at radius 1 is 1.69 bits per heavy atom. The molecule has 0 saturated heterocycles. The zero-order valence-corrected chi connectivity index (χ0v) is 7.29. The molecule has 70 valence electrons. The van der Waals surface area contributed by atoms with E-state index in [4.69, 9.17) is 11.0 Å². The fraction of sp³-hybridized carbons (Fsp3) is 0.625. The molecular formula is C8H12N4O. The van der Waals surface area contributed by atoms with Crippen LogP contribution in [0.25, 0.3) is 0 Å².